The molecule has 2 heterocycles. The zero-order valence-electron chi connectivity index (χ0n) is 11.6. The third kappa shape index (κ3) is 4.17. The Morgan fingerprint density at radius 3 is 2.95 bits per heavy atom. The van der Waals surface area contributed by atoms with E-state index in [2.05, 4.69) is 34.3 Å². The molecule has 6 nitrogen and oxygen atoms in total. The molecule has 104 valence electrons. The molecule has 1 aliphatic heterocycles. The minimum absolute atomic E-state index is 0.277. The lowest BCUT2D eigenvalue weighted by Crippen LogP contribution is -2.21. The second-order valence-electron chi connectivity index (χ2n) is 5.06. The fourth-order valence-electron chi connectivity index (χ4n) is 2.05. The Kier molecular flexibility index (Phi) is 4.68. The van der Waals surface area contributed by atoms with Gasteiger partial charge < -0.3 is 15.1 Å². The minimum atomic E-state index is 0.277. The van der Waals surface area contributed by atoms with Crippen LogP contribution in [0.4, 0.5) is 11.6 Å². The first-order valence-electron chi connectivity index (χ1n) is 6.62. The zero-order chi connectivity index (χ0) is 13.7. The Labute approximate surface area is 113 Å². The van der Waals surface area contributed by atoms with E-state index in [0.717, 1.165) is 37.7 Å². The average molecular weight is 263 g/mol. The van der Waals surface area contributed by atoms with E-state index in [0.29, 0.717) is 13.0 Å². The normalized spacial score (nSPS) is 15.3. The van der Waals surface area contributed by atoms with Gasteiger partial charge in [-0.2, -0.15) is 0 Å². The summed E-state index contributed by atoms with van der Waals surface area (Å²) in [6.45, 7) is 3.16. The van der Waals surface area contributed by atoms with Crippen molar-refractivity contribution >= 4 is 17.4 Å². The maximum absolute atomic E-state index is 11.3. The first kappa shape index (κ1) is 13.7. The lowest BCUT2D eigenvalue weighted by Gasteiger charge is -2.16. The van der Waals surface area contributed by atoms with Gasteiger partial charge in [0.2, 0.25) is 0 Å². The first-order chi connectivity index (χ1) is 9.15. The summed E-state index contributed by atoms with van der Waals surface area (Å²) in [6.07, 6.45) is 3.23. The van der Waals surface area contributed by atoms with E-state index in [1.165, 1.54) is 0 Å². The van der Waals surface area contributed by atoms with Gasteiger partial charge in [0.25, 0.3) is 0 Å². The van der Waals surface area contributed by atoms with Gasteiger partial charge in [-0.25, -0.2) is 9.97 Å². The van der Waals surface area contributed by atoms with Gasteiger partial charge in [0.1, 0.15) is 18.0 Å². The Bertz CT molecular complexity index is 435. The van der Waals surface area contributed by atoms with Gasteiger partial charge in [-0.05, 0) is 27.1 Å². The van der Waals surface area contributed by atoms with Crippen LogP contribution in [0.1, 0.15) is 12.8 Å². The molecule has 0 aliphatic carbocycles. The highest BCUT2D eigenvalue weighted by molar-refractivity contribution is 5.86. The summed E-state index contributed by atoms with van der Waals surface area (Å²) in [5.41, 5.74) is 0. The van der Waals surface area contributed by atoms with E-state index >= 15 is 0 Å². The summed E-state index contributed by atoms with van der Waals surface area (Å²) < 4.78 is 0. The fourth-order valence-corrected chi connectivity index (χ4v) is 2.05. The van der Waals surface area contributed by atoms with Crippen LogP contribution in [0, 0.1) is 0 Å². The van der Waals surface area contributed by atoms with Gasteiger partial charge in [-0.1, -0.05) is 0 Å². The Morgan fingerprint density at radius 2 is 2.26 bits per heavy atom. The summed E-state index contributed by atoms with van der Waals surface area (Å²) in [5, 5.41) is 3.29. The molecule has 0 spiro atoms. The number of nitrogens with one attached hydrogen (secondary N) is 1. The van der Waals surface area contributed by atoms with Crippen molar-refractivity contribution in [3.05, 3.63) is 12.4 Å². The van der Waals surface area contributed by atoms with Crippen molar-refractivity contribution in [2.75, 3.05) is 50.5 Å². The summed E-state index contributed by atoms with van der Waals surface area (Å²) in [7, 11) is 4.13. The first-order valence-corrected chi connectivity index (χ1v) is 6.62. The number of carbonyl (C=O) groups excluding carboxylic acids is 1. The van der Waals surface area contributed by atoms with E-state index in [-0.39, 0.29) is 5.78 Å². The maximum atomic E-state index is 11.3. The van der Waals surface area contributed by atoms with Crippen LogP contribution < -0.4 is 10.2 Å². The summed E-state index contributed by atoms with van der Waals surface area (Å²) in [4.78, 5) is 23.9. The molecule has 1 aliphatic rings. The van der Waals surface area contributed by atoms with Crippen molar-refractivity contribution in [1.82, 2.24) is 14.9 Å². The smallest absolute Gasteiger partial charge is 0.153 e. The van der Waals surface area contributed by atoms with Gasteiger partial charge in [0.05, 0.1) is 6.54 Å². The van der Waals surface area contributed by atoms with Crippen LogP contribution in [-0.2, 0) is 4.79 Å². The molecule has 0 atom stereocenters. The van der Waals surface area contributed by atoms with Crippen molar-refractivity contribution in [3.63, 3.8) is 0 Å². The number of rotatable bonds is 6. The Morgan fingerprint density at radius 1 is 1.42 bits per heavy atom. The van der Waals surface area contributed by atoms with Gasteiger partial charge >= 0.3 is 0 Å². The highest BCUT2D eigenvalue weighted by Crippen LogP contribution is 2.17. The molecule has 0 bridgehead atoms. The molecule has 2 rings (SSSR count). The van der Waals surface area contributed by atoms with Crippen LogP contribution in [0.5, 0.6) is 0 Å². The molecule has 19 heavy (non-hydrogen) atoms. The lowest BCUT2D eigenvalue weighted by molar-refractivity contribution is -0.116. The molecular weight excluding hydrogens is 242 g/mol. The average Bonchev–Trinajstić information content (AvgIpc) is 2.82. The lowest BCUT2D eigenvalue weighted by atomic mass is 10.4. The van der Waals surface area contributed by atoms with Crippen LogP contribution in [0.2, 0.25) is 0 Å². The second kappa shape index (κ2) is 6.47. The number of nitrogens with zero attached hydrogens (tertiary/aromatic N) is 4. The Hall–Kier alpha value is -1.69. The number of hydrogen-bond donors (Lipinski definition) is 1. The predicted octanol–water partition coefficient (Wildman–Crippen LogP) is 0.619. The SMILES string of the molecule is CN(C)CCCNc1cc(N2CCC(=O)C2)ncn1. The molecule has 0 amide bonds. The Balaban J connectivity index is 1.86. The van der Waals surface area contributed by atoms with Gasteiger partial charge in [0.15, 0.2) is 5.78 Å². The largest absolute Gasteiger partial charge is 0.370 e. The minimum Gasteiger partial charge on any atom is -0.370 e. The van der Waals surface area contributed by atoms with Gasteiger partial charge in [0, 0.05) is 25.6 Å². The number of anilines is 2. The summed E-state index contributed by atoms with van der Waals surface area (Å²) in [6, 6.07) is 1.91. The molecule has 0 saturated carbocycles. The molecule has 1 fully saturated rings. The topological polar surface area (TPSA) is 61.4 Å². The maximum Gasteiger partial charge on any atom is 0.153 e. The fraction of sp³-hybridized carbons (Fsp3) is 0.615. The van der Waals surface area contributed by atoms with Gasteiger partial charge in [-0.15, -0.1) is 0 Å². The van der Waals surface area contributed by atoms with E-state index in [1.54, 1.807) is 6.33 Å². The number of ketones is 1. The van der Waals surface area contributed by atoms with Crippen molar-refractivity contribution in [1.29, 1.82) is 0 Å². The van der Waals surface area contributed by atoms with E-state index in [1.807, 2.05) is 11.0 Å². The van der Waals surface area contributed by atoms with Crippen LogP contribution in [0.3, 0.4) is 0 Å². The molecule has 1 N–H and O–H groups in total. The number of Topliss-reactive ketones (excluding diaryl/α,β-unsaturated/α-hetero) is 1. The number of aromatic nitrogens is 2. The highest BCUT2D eigenvalue weighted by Gasteiger charge is 2.20. The van der Waals surface area contributed by atoms with Gasteiger partial charge in [-0.3, -0.25) is 4.79 Å². The van der Waals surface area contributed by atoms with E-state index in [4.69, 9.17) is 0 Å². The standard InChI is InChI=1S/C13H21N5O/c1-17(2)6-3-5-14-12-8-13(16-10-15-12)18-7-4-11(19)9-18/h8,10H,3-7,9H2,1-2H3,(H,14,15,16). The van der Waals surface area contributed by atoms with Crippen LogP contribution in [0.15, 0.2) is 12.4 Å². The second-order valence-corrected chi connectivity index (χ2v) is 5.06. The molecule has 1 aromatic heterocycles. The van der Waals surface area contributed by atoms with Crippen molar-refractivity contribution in [2.24, 2.45) is 0 Å². The molecule has 0 radical (unpaired) electrons. The van der Waals surface area contributed by atoms with Crippen molar-refractivity contribution in [3.8, 4) is 0 Å². The van der Waals surface area contributed by atoms with Crippen LogP contribution in [0.25, 0.3) is 0 Å². The monoisotopic (exact) mass is 263 g/mol. The third-order valence-electron chi connectivity index (χ3n) is 3.09. The highest BCUT2D eigenvalue weighted by atomic mass is 16.1. The molecule has 6 heteroatoms. The van der Waals surface area contributed by atoms with Crippen molar-refractivity contribution < 1.29 is 4.79 Å². The molecular formula is C13H21N5O. The van der Waals surface area contributed by atoms with E-state index < -0.39 is 0 Å². The number of carbonyl (C=O) groups is 1. The van der Waals surface area contributed by atoms with Crippen LogP contribution >= 0.6 is 0 Å². The molecule has 1 saturated heterocycles. The molecule has 0 aromatic carbocycles. The quantitative estimate of drug-likeness (QED) is 0.759. The van der Waals surface area contributed by atoms with Crippen LogP contribution in [-0.4, -0.2) is 60.9 Å². The third-order valence-corrected chi connectivity index (χ3v) is 3.09. The summed E-state index contributed by atoms with van der Waals surface area (Å²) in [5.74, 6) is 1.93. The predicted molar refractivity (Wildman–Crippen MR) is 75.5 cm³/mol. The zero-order valence-corrected chi connectivity index (χ0v) is 11.6. The van der Waals surface area contributed by atoms with Crippen molar-refractivity contribution in [2.45, 2.75) is 12.8 Å². The number of hydrogen-bond acceptors (Lipinski definition) is 6. The molecule has 1 aromatic rings. The molecule has 0 unspecified atom stereocenters. The summed E-state index contributed by atoms with van der Waals surface area (Å²) >= 11 is 0. The van der Waals surface area contributed by atoms with E-state index in [9.17, 15) is 4.79 Å².